The summed E-state index contributed by atoms with van der Waals surface area (Å²) in [4.78, 5) is 25.1. The van der Waals surface area contributed by atoms with Crippen LogP contribution < -0.4 is 5.32 Å². The fraction of sp³-hybridized carbons (Fsp3) is 0.533. The Kier molecular flexibility index (Phi) is 4.16. The van der Waals surface area contributed by atoms with Gasteiger partial charge in [-0.2, -0.15) is 0 Å². The molecule has 2 rings (SSSR count). The van der Waals surface area contributed by atoms with Crippen LogP contribution >= 0.6 is 0 Å². The summed E-state index contributed by atoms with van der Waals surface area (Å²) in [6.45, 7) is 8.00. The molecular formula is C15H21N3O3. The third kappa shape index (κ3) is 3.15. The summed E-state index contributed by atoms with van der Waals surface area (Å²) in [5.41, 5.74) is 0.749. The van der Waals surface area contributed by atoms with Gasteiger partial charge in [-0.15, -0.1) is 0 Å². The van der Waals surface area contributed by atoms with Gasteiger partial charge in [0.2, 0.25) is 0 Å². The third-order valence-corrected chi connectivity index (χ3v) is 3.79. The molecule has 114 valence electrons. The summed E-state index contributed by atoms with van der Waals surface area (Å²) in [5.74, 6) is -0.139. The van der Waals surface area contributed by atoms with Crippen LogP contribution in [0.3, 0.4) is 0 Å². The van der Waals surface area contributed by atoms with Gasteiger partial charge < -0.3 is 10.2 Å². The number of nitrogens with zero attached hydrogens (tertiary/aromatic N) is 2. The number of nitro benzene ring substituents is 1. The van der Waals surface area contributed by atoms with Gasteiger partial charge in [-0.1, -0.05) is 19.9 Å². The summed E-state index contributed by atoms with van der Waals surface area (Å²) >= 11 is 0. The first-order valence-corrected chi connectivity index (χ1v) is 7.16. The third-order valence-electron chi connectivity index (χ3n) is 3.79. The van der Waals surface area contributed by atoms with E-state index in [0.717, 1.165) is 6.42 Å². The van der Waals surface area contributed by atoms with Gasteiger partial charge >= 0.3 is 0 Å². The number of likely N-dealkylation sites (tertiary alicyclic amines) is 1. The van der Waals surface area contributed by atoms with E-state index in [9.17, 15) is 14.9 Å². The highest BCUT2D eigenvalue weighted by molar-refractivity contribution is 6.01. The zero-order chi connectivity index (χ0) is 15.6. The number of carbonyl (C=O) groups excluding carboxylic acids is 1. The molecule has 0 atom stereocenters. The molecule has 0 aromatic heterocycles. The molecule has 1 saturated heterocycles. The minimum absolute atomic E-state index is 0.0545. The van der Waals surface area contributed by atoms with Crippen molar-refractivity contribution >= 4 is 17.3 Å². The number of benzene rings is 1. The lowest BCUT2D eigenvalue weighted by Crippen LogP contribution is -2.31. The normalized spacial score (nSPS) is 16.8. The minimum Gasteiger partial charge on any atom is -0.379 e. The van der Waals surface area contributed by atoms with Gasteiger partial charge in [0.25, 0.3) is 11.6 Å². The maximum atomic E-state index is 12.7. The molecule has 1 fully saturated rings. The van der Waals surface area contributed by atoms with E-state index >= 15 is 0 Å². The number of hydrogen-bond donors (Lipinski definition) is 1. The lowest BCUT2D eigenvalue weighted by Gasteiger charge is -2.21. The molecule has 6 nitrogen and oxygen atoms in total. The van der Waals surface area contributed by atoms with E-state index in [-0.39, 0.29) is 17.0 Å². The number of carbonyl (C=O) groups is 1. The van der Waals surface area contributed by atoms with Crippen LogP contribution in [-0.4, -0.2) is 35.4 Å². The van der Waals surface area contributed by atoms with E-state index < -0.39 is 4.92 Å². The van der Waals surface area contributed by atoms with Crippen LogP contribution in [0.2, 0.25) is 0 Å². The van der Waals surface area contributed by atoms with E-state index in [1.54, 1.807) is 17.0 Å². The van der Waals surface area contributed by atoms with Gasteiger partial charge in [0.15, 0.2) is 0 Å². The molecule has 0 aliphatic carbocycles. The monoisotopic (exact) mass is 291 g/mol. The Labute approximate surface area is 124 Å². The predicted octanol–water partition coefficient (Wildman–Crippen LogP) is 2.90. The molecule has 1 aliphatic heterocycles. The van der Waals surface area contributed by atoms with Crippen molar-refractivity contribution in [3.63, 3.8) is 0 Å². The largest absolute Gasteiger partial charge is 0.379 e. The zero-order valence-corrected chi connectivity index (χ0v) is 12.7. The topological polar surface area (TPSA) is 75.5 Å². The molecule has 1 aromatic rings. The highest BCUT2D eigenvalue weighted by Crippen LogP contribution is 2.33. The van der Waals surface area contributed by atoms with Gasteiger partial charge in [0, 0.05) is 25.7 Å². The second kappa shape index (κ2) is 5.71. The van der Waals surface area contributed by atoms with Gasteiger partial charge in [0.1, 0.15) is 5.69 Å². The van der Waals surface area contributed by atoms with Gasteiger partial charge in [-0.05, 0) is 24.8 Å². The Balaban J connectivity index is 2.37. The SMILES string of the molecule is CCNc1c(C(=O)N2CCC(C)(C)C2)cccc1[N+](=O)[O-]. The number of nitro groups is 1. The summed E-state index contributed by atoms with van der Waals surface area (Å²) in [7, 11) is 0. The molecule has 0 bridgehead atoms. The fourth-order valence-electron chi connectivity index (χ4n) is 2.69. The first-order chi connectivity index (χ1) is 9.85. The van der Waals surface area contributed by atoms with Crippen molar-refractivity contribution < 1.29 is 9.72 Å². The van der Waals surface area contributed by atoms with Gasteiger partial charge in [-0.3, -0.25) is 14.9 Å². The number of para-hydroxylation sites is 1. The van der Waals surface area contributed by atoms with Gasteiger partial charge in [-0.25, -0.2) is 0 Å². The first kappa shape index (κ1) is 15.3. The lowest BCUT2D eigenvalue weighted by molar-refractivity contribution is -0.384. The number of hydrogen-bond acceptors (Lipinski definition) is 4. The molecule has 1 aromatic carbocycles. The maximum Gasteiger partial charge on any atom is 0.293 e. The summed E-state index contributed by atoms with van der Waals surface area (Å²) in [6, 6.07) is 4.63. The van der Waals surface area contributed by atoms with Crippen molar-refractivity contribution in [3.05, 3.63) is 33.9 Å². The number of anilines is 1. The Morgan fingerprint density at radius 3 is 2.71 bits per heavy atom. The van der Waals surface area contributed by atoms with Crippen LogP contribution in [0.25, 0.3) is 0 Å². The molecule has 21 heavy (non-hydrogen) atoms. The van der Waals surface area contributed by atoms with E-state index in [1.807, 2.05) is 6.92 Å². The minimum atomic E-state index is -0.456. The number of amides is 1. The summed E-state index contributed by atoms with van der Waals surface area (Å²) in [6.07, 6.45) is 0.949. The Bertz CT molecular complexity index is 569. The Morgan fingerprint density at radius 1 is 1.48 bits per heavy atom. The van der Waals surface area contributed by atoms with E-state index in [2.05, 4.69) is 19.2 Å². The second-order valence-electron chi connectivity index (χ2n) is 6.13. The molecule has 0 spiro atoms. The standard InChI is InChI=1S/C15H21N3O3/c1-4-16-13-11(6-5-7-12(13)18(20)21)14(19)17-9-8-15(2,3)10-17/h5-7,16H,4,8-10H2,1-3H3. The Hall–Kier alpha value is -2.11. The predicted molar refractivity (Wildman–Crippen MR) is 81.6 cm³/mol. The van der Waals surface area contributed by atoms with Crippen LogP contribution in [0.5, 0.6) is 0 Å². The molecular weight excluding hydrogens is 270 g/mol. The van der Waals surface area contributed by atoms with E-state index in [0.29, 0.717) is 30.9 Å². The van der Waals surface area contributed by atoms with Crippen LogP contribution in [0.1, 0.15) is 37.6 Å². The molecule has 0 radical (unpaired) electrons. The van der Waals surface area contributed by atoms with Crippen molar-refractivity contribution in [2.24, 2.45) is 5.41 Å². The van der Waals surface area contributed by atoms with Crippen LogP contribution in [0, 0.1) is 15.5 Å². The van der Waals surface area contributed by atoms with E-state index in [4.69, 9.17) is 0 Å². The smallest absolute Gasteiger partial charge is 0.293 e. The number of nitrogens with one attached hydrogen (secondary N) is 1. The summed E-state index contributed by atoms with van der Waals surface area (Å²) in [5, 5.41) is 14.1. The zero-order valence-electron chi connectivity index (χ0n) is 12.7. The van der Waals surface area contributed by atoms with Crippen molar-refractivity contribution in [2.75, 3.05) is 25.0 Å². The van der Waals surface area contributed by atoms with Crippen molar-refractivity contribution in [2.45, 2.75) is 27.2 Å². The number of rotatable bonds is 4. The van der Waals surface area contributed by atoms with Crippen LogP contribution in [0.15, 0.2) is 18.2 Å². The summed E-state index contributed by atoms with van der Waals surface area (Å²) < 4.78 is 0. The molecule has 0 saturated carbocycles. The molecule has 6 heteroatoms. The molecule has 1 N–H and O–H groups in total. The lowest BCUT2D eigenvalue weighted by atomic mass is 9.93. The molecule has 1 amide bonds. The first-order valence-electron chi connectivity index (χ1n) is 7.16. The maximum absolute atomic E-state index is 12.7. The van der Waals surface area contributed by atoms with E-state index in [1.165, 1.54) is 6.07 Å². The molecule has 0 unspecified atom stereocenters. The highest BCUT2D eigenvalue weighted by atomic mass is 16.6. The average molecular weight is 291 g/mol. The molecule has 1 aliphatic rings. The highest BCUT2D eigenvalue weighted by Gasteiger charge is 2.34. The van der Waals surface area contributed by atoms with Crippen LogP contribution in [0.4, 0.5) is 11.4 Å². The van der Waals surface area contributed by atoms with Crippen molar-refractivity contribution in [1.29, 1.82) is 0 Å². The van der Waals surface area contributed by atoms with Crippen molar-refractivity contribution in [3.8, 4) is 0 Å². The average Bonchev–Trinajstić information content (AvgIpc) is 2.78. The molecule has 1 heterocycles. The quantitative estimate of drug-likeness (QED) is 0.683. The fourth-order valence-corrected chi connectivity index (χ4v) is 2.69. The second-order valence-corrected chi connectivity index (χ2v) is 6.13. The Morgan fingerprint density at radius 2 is 2.19 bits per heavy atom. The van der Waals surface area contributed by atoms with Gasteiger partial charge in [0.05, 0.1) is 10.5 Å². The van der Waals surface area contributed by atoms with Crippen LogP contribution in [-0.2, 0) is 0 Å². The van der Waals surface area contributed by atoms with Crippen molar-refractivity contribution in [1.82, 2.24) is 4.90 Å².